The van der Waals surface area contributed by atoms with Crippen molar-refractivity contribution in [3.05, 3.63) is 24.5 Å². The Hall–Kier alpha value is -1.89. The molecule has 1 fully saturated rings. The van der Waals surface area contributed by atoms with Gasteiger partial charge in [-0.3, -0.25) is 14.3 Å². The Kier molecular flexibility index (Phi) is 5.85. The molecule has 1 aliphatic carbocycles. The van der Waals surface area contributed by atoms with Crippen LogP contribution in [-0.2, 0) is 9.53 Å². The summed E-state index contributed by atoms with van der Waals surface area (Å²) in [5, 5.41) is 9.51. The van der Waals surface area contributed by atoms with Gasteiger partial charge in [0.25, 0.3) is 0 Å². The van der Waals surface area contributed by atoms with Crippen LogP contribution in [0.2, 0.25) is 0 Å². The molecule has 0 amide bonds. The smallest absolute Gasteiger partial charge is 0.316 e. The van der Waals surface area contributed by atoms with E-state index in [0.29, 0.717) is 12.6 Å². The van der Waals surface area contributed by atoms with Gasteiger partial charge in [-0.05, 0) is 31.9 Å². The maximum Gasteiger partial charge on any atom is 0.316 e. The van der Waals surface area contributed by atoms with Gasteiger partial charge in [0.1, 0.15) is 0 Å². The summed E-state index contributed by atoms with van der Waals surface area (Å²) >= 11 is 1.40. The van der Waals surface area contributed by atoms with E-state index < -0.39 is 0 Å². The Labute approximate surface area is 146 Å². The van der Waals surface area contributed by atoms with Crippen LogP contribution in [0.4, 0.5) is 0 Å². The maximum absolute atomic E-state index is 11.7. The van der Waals surface area contributed by atoms with Crippen LogP contribution in [0.3, 0.4) is 0 Å². The van der Waals surface area contributed by atoms with Crippen molar-refractivity contribution in [3.63, 3.8) is 0 Å². The highest BCUT2D eigenvalue weighted by atomic mass is 32.2. The number of hydrogen-bond acceptors (Lipinski definition) is 6. The van der Waals surface area contributed by atoms with E-state index >= 15 is 0 Å². The minimum absolute atomic E-state index is 0.219. The van der Waals surface area contributed by atoms with Crippen molar-refractivity contribution in [3.8, 4) is 11.4 Å². The fourth-order valence-corrected chi connectivity index (χ4v) is 3.87. The van der Waals surface area contributed by atoms with Gasteiger partial charge in [-0.1, -0.05) is 31.0 Å². The highest BCUT2D eigenvalue weighted by Crippen LogP contribution is 2.35. The van der Waals surface area contributed by atoms with E-state index in [1.54, 1.807) is 6.20 Å². The average Bonchev–Trinajstić information content (AvgIpc) is 3.06. The van der Waals surface area contributed by atoms with E-state index in [0.717, 1.165) is 29.4 Å². The molecule has 7 heteroatoms. The third-order valence-corrected chi connectivity index (χ3v) is 5.07. The predicted octanol–water partition coefficient (Wildman–Crippen LogP) is 3.50. The minimum Gasteiger partial charge on any atom is -0.465 e. The molecule has 0 N–H and O–H groups in total. The van der Waals surface area contributed by atoms with Crippen LogP contribution in [0.15, 0.2) is 29.7 Å². The molecule has 0 unspecified atom stereocenters. The quantitative estimate of drug-likeness (QED) is 0.589. The van der Waals surface area contributed by atoms with Gasteiger partial charge in [0.2, 0.25) is 0 Å². The molecule has 6 nitrogen and oxygen atoms in total. The molecule has 0 bridgehead atoms. The number of rotatable bonds is 6. The SMILES string of the molecule is CCOC(=O)CSc1nnc(-c2cccnc2)n1C1CCCCC1. The molecule has 0 saturated heterocycles. The minimum atomic E-state index is -0.219. The first-order valence-corrected chi connectivity index (χ1v) is 9.42. The first-order valence-electron chi connectivity index (χ1n) is 8.43. The number of pyridine rings is 1. The fourth-order valence-electron chi connectivity index (χ4n) is 3.06. The van der Waals surface area contributed by atoms with E-state index in [1.165, 1.54) is 31.0 Å². The summed E-state index contributed by atoms with van der Waals surface area (Å²) in [5.74, 6) is 0.871. The van der Waals surface area contributed by atoms with Crippen LogP contribution in [0.1, 0.15) is 45.1 Å². The molecule has 0 atom stereocenters. The number of ether oxygens (including phenoxy) is 1. The van der Waals surface area contributed by atoms with Gasteiger partial charge in [-0.2, -0.15) is 0 Å². The lowest BCUT2D eigenvalue weighted by atomic mass is 9.95. The summed E-state index contributed by atoms with van der Waals surface area (Å²) in [6.45, 7) is 2.21. The molecule has 128 valence electrons. The molecule has 1 saturated carbocycles. The topological polar surface area (TPSA) is 69.9 Å². The highest BCUT2D eigenvalue weighted by molar-refractivity contribution is 7.99. The molecule has 1 aliphatic rings. The Morgan fingerprint density at radius 2 is 2.17 bits per heavy atom. The second kappa shape index (κ2) is 8.28. The summed E-state index contributed by atoms with van der Waals surface area (Å²) in [6.07, 6.45) is 9.53. The molecule has 2 heterocycles. The standard InChI is InChI=1S/C17H22N4O2S/c1-2-23-15(22)12-24-17-20-19-16(13-7-6-10-18-11-13)21(17)14-8-4-3-5-9-14/h6-7,10-11,14H,2-5,8-9,12H2,1H3. The Morgan fingerprint density at radius 3 is 2.88 bits per heavy atom. The summed E-state index contributed by atoms with van der Waals surface area (Å²) in [7, 11) is 0. The molecular formula is C17H22N4O2S. The first-order chi connectivity index (χ1) is 11.8. The van der Waals surface area contributed by atoms with E-state index in [9.17, 15) is 4.79 Å². The number of carbonyl (C=O) groups is 1. The summed E-state index contributed by atoms with van der Waals surface area (Å²) in [6, 6.07) is 4.28. The molecule has 2 aromatic rings. The zero-order valence-electron chi connectivity index (χ0n) is 13.9. The van der Waals surface area contributed by atoms with Crippen molar-refractivity contribution in [1.82, 2.24) is 19.7 Å². The molecule has 0 spiro atoms. The van der Waals surface area contributed by atoms with Crippen LogP contribution in [-0.4, -0.2) is 38.1 Å². The number of nitrogens with zero attached hydrogens (tertiary/aromatic N) is 4. The lowest BCUT2D eigenvalue weighted by Crippen LogP contribution is -2.16. The van der Waals surface area contributed by atoms with Gasteiger partial charge in [0.05, 0.1) is 12.4 Å². The molecule has 3 rings (SSSR count). The van der Waals surface area contributed by atoms with Gasteiger partial charge in [0, 0.05) is 24.0 Å². The number of aromatic nitrogens is 4. The second-order valence-electron chi connectivity index (χ2n) is 5.80. The van der Waals surface area contributed by atoms with E-state index in [1.807, 2.05) is 25.3 Å². The second-order valence-corrected chi connectivity index (χ2v) is 6.75. The largest absolute Gasteiger partial charge is 0.465 e. The van der Waals surface area contributed by atoms with Crippen LogP contribution in [0.5, 0.6) is 0 Å². The normalized spacial score (nSPS) is 15.4. The first kappa shape index (κ1) is 17.0. The third-order valence-electron chi connectivity index (χ3n) is 4.15. The van der Waals surface area contributed by atoms with Gasteiger partial charge < -0.3 is 4.74 Å². The van der Waals surface area contributed by atoms with Crippen LogP contribution in [0.25, 0.3) is 11.4 Å². The molecule has 0 aliphatic heterocycles. The van der Waals surface area contributed by atoms with Crippen molar-refractivity contribution in [2.24, 2.45) is 0 Å². The van der Waals surface area contributed by atoms with Crippen molar-refractivity contribution in [1.29, 1.82) is 0 Å². The van der Waals surface area contributed by atoms with Crippen LogP contribution in [0, 0.1) is 0 Å². The van der Waals surface area contributed by atoms with Crippen molar-refractivity contribution in [2.45, 2.75) is 50.2 Å². The summed E-state index contributed by atoms with van der Waals surface area (Å²) in [5.41, 5.74) is 0.957. The van der Waals surface area contributed by atoms with Crippen LogP contribution >= 0.6 is 11.8 Å². The lowest BCUT2D eigenvalue weighted by Gasteiger charge is -2.25. The van der Waals surface area contributed by atoms with Crippen LogP contribution < -0.4 is 0 Å². The third kappa shape index (κ3) is 3.95. The molecule has 24 heavy (non-hydrogen) atoms. The molecular weight excluding hydrogens is 324 g/mol. The van der Waals surface area contributed by atoms with Crippen molar-refractivity contribution >= 4 is 17.7 Å². The zero-order valence-corrected chi connectivity index (χ0v) is 14.7. The monoisotopic (exact) mass is 346 g/mol. The molecule has 0 radical (unpaired) electrons. The fraction of sp³-hybridized carbons (Fsp3) is 0.529. The summed E-state index contributed by atoms with van der Waals surface area (Å²) < 4.78 is 7.21. The Bertz CT molecular complexity index is 668. The lowest BCUT2D eigenvalue weighted by molar-refractivity contribution is -0.139. The van der Waals surface area contributed by atoms with E-state index in [2.05, 4.69) is 19.7 Å². The van der Waals surface area contributed by atoms with Crippen molar-refractivity contribution in [2.75, 3.05) is 12.4 Å². The Morgan fingerprint density at radius 1 is 1.33 bits per heavy atom. The number of esters is 1. The van der Waals surface area contributed by atoms with Crippen molar-refractivity contribution < 1.29 is 9.53 Å². The Balaban J connectivity index is 1.87. The van der Waals surface area contributed by atoms with Gasteiger partial charge in [-0.15, -0.1) is 10.2 Å². The van der Waals surface area contributed by atoms with E-state index in [4.69, 9.17) is 4.74 Å². The molecule has 2 aromatic heterocycles. The average molecular weight is 346 g/mol. The highest BCUT2D eigenvalue weighted by Gasteiger charge is 2.24. The number of hydrogen-bond donors (Lipinski definition) is 0. The summed E-state index contributed by atoms with van der Waals surface area (Å²) in [4.78, 5) is 15.9. The predicted molar refractivity (Wildman–Crippen MR) is 92.7 cm³/mol. The van der Waals surface area contributed by atoms with E-state index in [-0.39, 0.29) is 11.7 Å². The molecule has 0 aromatic carbocycles. The number of carbonyl (C=O) groups excluding carboxylic acids is 1. The van der Waals surface area contributed by atoms with Gasteiger partial charge in [0.15, 0.2) is 11.0 Å². The maximum atomic E-state index is 11.7. The van der Waals surface area contributed by atoms with Gasteiger partial charge in [-0.25, -0.2) is 0 Å². The van der Waals surface area contributed by atoms with Gasteiger partial charge >= 0.3 is 5.97 Å². The number of thioether (sulfide) groups is 1. The zero-order chi connectivity index (χ0) is 16.8.